The summed E-state index contributed by atoms with van der Waals surface area (Å²) >= 11 is 0. The van der Waals surface area contributed by atoms with Crippen LogP contribution in [-0.4, -0.2) is 40.1 Å². The number of nitrogens with one attached hydrogen (secondary N) is 1. The van der Waals surface area contributed by atoms with Gasteiger partial charge >= 0.3 is 0 Å². The van der Waals surface area contributed by atoms with Crippen molar-refractivity contribution in [3.05, 3.63) is 11.5 Å². The molecule has 0 aromatic carbocycles. The molecule has 0 radical (unpaired) electrons. The highest BCUT2D eigenvalue weighted by atomic mass is 32.2. The van der Waals surface area contributed by atoms with Gasteiger partial charge in [-0.05, 0) is 20.8 Å². The van der Waals surface area contributed by atoms with E-state index in [1.807, 2.05) is 0 Å². The maximum Gasteiger partial charge on any atom is 0.246 e. The quantitative estimate of drug-likeness (QED) is 0.765. The molecule has 0 aliphatic carbocycles. The Hall–Kier alpha value is -0.960. The van der Waals surface area contributed by atoms with Crippen LogP contribution in [0.4, 0.5) is 0 Å². The highest BCUT2D eigenvalue weighted by Crippen LogP contribution is 2.19. The van der Waals surface area contributed by atoms with Gasteiger partial charge in [-0.1, -0.05) is 5.16 Å². The molecule has 18 heavy (non-hydrogen) atoms. The van der Waals surface area contributed by atoms with Crippen molar-refractivity contribution in [1.29, 1.82) is 0 Å². The van der Waals surface area contributed by atoms with Gasteiger partial charge in [0.1, 0.15) is 10.6 Å². The normalized spacial score (nSPS) is 14.1. The molecule has 0 fully saturated rings. The van der Waals surface area contributed by atoms with Gasteiger partial charge < -0.3 is 14.0 Å². The summed E-state index contributed by atoms with van der Waals surface area (Å²) in [5.41, 5.74) is 0.318. The number of hydrogen-bond acceptors (Lipinski definition) is 6. The topological polar surface area (TPSA) is 90.7 Å². The molecule has 0 saturated carbocycles. The molecule has 1 heterocycles. The zero-order valence-electron chi connectivity index (χ0n) is 11.1. The molecule has 1 aromatic rings. The van der Waals surface area contributed by atoms with Crippen molar-refractivity contribution in [2.45, 2.75) is 38.0 Å². The first-order valence-electron chi connectivity index (χ1n) is 5.34. The van der Waals surface area contributed by atoms with E-state index in [1.54, 1.807) is 20.8 Å². The predicted molar refractivity (Wildman–Crippen MR) is 63.6 cm³/mol. The fourth-order valence-corrected chi connectivity index (χ4v) is 3.28. The Labute approximate surface area is 106 Å². The molecular formula is C10H18N2O5S. The summed E-state index contributed by atoms with van der Waals surface area (Å²) in [5, 5.41) is 3.62. The number of sulfonamides is 1. The van der Waals surface area contributed by atoms with Crippen LogP contribution in [0.15, 0.2) is 9.42 Å². The van der Waals surface area contributed by atoms with Gasteiger partial charge in [0.25, 0.3) is 0 Å². The van der Waals surface area contributed by atoms with E-state index in [9.17, 15) is 8.42 Å². The number of aromatic nitrogens is 1. The summed E-state index contributed by atoms with van der Waals surface area (Å²) in [5.74, 6) is 0.249. The molecular weight excluding hydrogens is 260 g/mol. The maximum atomic E-state index is 12.2. The Morgan fingerprint density at radius 1 is 1.28 bits per heavy atom. The van der Waals surface area contributed by atoms with Crippen LogP contribution in [-0.2, 0) is 19.5 Å². The van der Waals surface area contributed by atoms with Crippen LogP contribution in [0.5, 0.6) is 0 Å². The minimum absolute atomic E-state index is 0.0558. The fraction of sp³-hybridized carbons (Fsp3) is 0.700. The van der Waals surface area contributed by atoms with Crippen molar-refractivity contribution in [3.8, 4) is 0 Å². The van der Waals surface area contributed by atoms with Crippen LogP contribution in [0.1, 0.15) is 18.4 Å². The van der Waals surface area contributed by atoms with Crippen molar-refractivity contribution >= 4 is 10.0 Å². The van der Waals surface area contributed by atoms with E-state index < -0.39 is 22.4 Å². The van der Waals surface area contributed by atoms with Crippen LogP contribution in [0, 0.1) is 13.8 Å². The van der Waals surface area contributed by atoms with Gasteiger partial charge in [0.2, 0.25) is 10.0 Å². The zero-order chi connectivity index (χ0) is 13.9. The van der Waals surface area contributed by atoms with Crippen LogP contribution in [0.3, 0.4) is 0 Å². The van der Waals surface area contributed by atoms with Crippen molar-refractivity contribution in [2.24, 2.45) is 0 Å². The molecule has 7 nitrogen and oxygen atoms in total. The standard InChI is InChI=1S/C10H18N2O5S/c1-6-9(8(3)17-11-6)18(13,14)12-7(2)10(15-4)16-5/h7,10,12H,1-5H3. The summed E-state index contributed by atoms with van der Waals surface area (Å²) in [6, 6.07) is -0.543. The summed E-state index contributed by atoms with van der Waals surface area (Å²) in [4.78, 5) is 0.0558. The third kappa shape index (κ3) is 3.08. The van der Waals surface area contributed by atoms with Gasteiger partial charge in [-0.25, -0.2) is 13.1 Å². The molecule has 8 heteroatoms. The van der Waals surface area contributed by atoms with E-state index in [1.165, 1.54) is 14.2 Å². The molecule has 1 unspecified atom stereocenters. The summed E-state index contributed by atoms with van der Waals surface area (Å²) in [6.45, 7) is 4.76. The lowest BCUT2D eigenvalue weighted by Crippen LogP contribution is -2.43. The van der Waals surface area contributed by atoms with Crippen LogP contribution >= 0.6 is 0 Å². The van der Waals surface area contributed by atoms with E-state index in [4.69, 9.17) is 14.0 Å². The van der Waals surface area contributed by atoms with Crippen LogP contribution < -0.4 is 4.72 Å². The van der Waals surface area contributed by atoms with E-state index in [0.717, 1.165) is 0 Å². The Morgan fingerprint density at radius 3 is 2.22 bits per heavy atom. The van der Waals surface area contributed by atoms with Crippen molar-refractivity contribution in [1.82, 2.24) is 9.88 Å². The molecule has 1 atom stereocenters. The molecule has 1 rings (SSSR count). The van der Waals surface area contributed by atoms with E-state index in [-0.39, 0.29) is 10.7 Å². The Balaban J connectivity index is 2.96. The Kier molecular flexibility index (Phi) is 4.85. The number of methoxy groups -OCH3 is 2. The van der Waals surface area contributed by atoms with Gasteiger partial charge in [0.05, 0.1) is 6.04 Å². The second-order valence-corrected chi connectivity index (χ2v) is 5.55. The lowest BCUT2D eigenvalue weighted by molar-refractivity contribution is -0.115. The van der Waals surface area contributed by atoms with Crippen molar-refractivity contribution in [3.63, 3.8) is 0 Å². The number of nitrogens with zero attached hydrogens (tertiary/aromatic N) is 1. The monoisotopic (exact) mass is 278 g/mol. The average molecular weight is 278 g/mol. The predicted octanol–water partition coefficient (Wildman–Crippen LogP) is 0.577. The smallest absolute Gasteiger partial charge is 0.246 e. The number of rotatable bonds is 6. The third-order valence-corrected chi connectivity index (χ3v) is 4.25. The second-order valence-electron chi connectivity index (χ2n) is 3.90. The molecule has 0 aliphatic rings. The number of hydrogen-bond donors (Lipinski definition) is 1. The Morgan fingerprint density at radius 2 is 1.83 bits per heavy atom. The molecule has 1 N–H and O–H groups in total. The minimum atomic E-state index is -3.71. The van der Waals surface area contributed by atoms with Gasteiger partial charge in [0.15, 0.2) is 12.1 Å². The maximum absolute atomic E-state index is 12.2. The molecule has 0 bridgehead atoms. The van der Waals surface area contributed by atoms with Crippen LogP contribution in [0.25, 0.3) is 0 Å². The highest BCUT2D eigenvalue weighted by Gasteiger charge is 2.28. The first kappa shape index (κ1) is 15.1. The van der Waals surface area contributed by atoms with E-state index in [2.05, 4.69) is 9.88 Å². The third-order valence-electron chi connectivity index (χ3n) is 2.45. The summed E-state index contributed by atoms with van der Waals surface area (Å²) in [6.07, 6.45) is -0.666. The largest absolute Gasteiger partial charge is 0.360 e. The summed E-state index contributed by atoms with van der Waals surface area (Å²) in [7, 11) is -0.830. The minimum Gasteiger partial charge on any atom is -0.360 e. The van der Waals surface area contributed by atoms with Crippen molar-refractivity contribution in [2.75, 3.05) is 14.2 Å². The van der Waals surface area contributed by atoms with Crippen molar-refractivity contribution < 1.29 is 22.4 Å². The van der Waals surface area contributed by atoms with Gasteiger partial charge in [0, 0.05) is 14.2 Å². The number of aryl methyl sites for hydroxylation is 2. The van der Waals surface area contributed by atoms with Gasteiger partial charge in [-0.2, -0.15) is 0 Å². The zero-order valence-corrected chi connectivity index (χ0v) is 11.9. The van der Waals surface area contributed by atoms with Gasteiger partial charge in [-0.3, -0.25) is 0 Å². The molecule has 0 amide bonds. The molecule has 1 aromatic heterocycles. The van der Waals surface area contributed by atoms with E-state index >= 15 is 0 Å². The SMILES string of the molecule is COC(OC)C(C)NS(=O)(=O)c1c(C)noc1C. The first-order valence-corrected chi connectivity index (χ1v) is 6.82. The molecule has 0 aliphatic heterocycles. The Bertz CT molecular complexity index is 473. The first-order chi connectivity index (χ1) is 8.33. The average Bonchev–Trinajstić information content (AvgIpc) is 2.59. The lowest BCUT2D eigenvalue weighted by Gasteiger charge is -2.21. The van der Waals surface area contributed by atoms with Gasteiger partial charge in [-0.15, -0.1) is 0 Å². The number of ether oxygens (including phenoxy) is 2. The second kappa shape index (κ2) is 5.79. The molecule has 0 spiro atoms. The molecule has 104 valence electrons. The molecule has 0 saturated heterocycles. The lowest BCUT2D eigenvalue weighted by atomic mass is 10.3. The highest BCUT2D eigenvalue weighted by molar-refractivity contribution is 7.89. The van der Waals surface area contributed by atoms with E-state index in [0.29, 0.717) is 5.69 Å². The fourth-order valence-electron chi connectivity index (χ4n) is 1.72. The van der Waals surface area contributed by atoms with Crippen LogP contribution in [0.2, 0.25) is 0 Å². The summed E-state index contributed by atoms with van der Waals surface area (Å²) < 4.78 is 41.6.